The van der Waals surface area contributed by atoms with Gasteiger partial charge in [-0.2, -0.15) is 27.0 Å². The number of aliphatic hydroxyl groups is 1. The van der Waals surface area contributed by atoms with Crippen molar-refractivity contribution in [3.63, 3.8) is 0 Å². The largest absolute Gasteiger partial charge is 0.505 e. The van der Waals surface area contributed by atoms with E-state index in [1.54, 1.807) is 0 Å². The summed E-state index contributed by atoms with van der Waals surface area (Å²) in [5.41, 5.74) is 1.25. The maximum atomic E-state index is 13.7. The molecule has 0 spiro atoms. The first-order chi connectivity index (χ1) is 23.9. The monoisotopic (exact) mass is 738 g/mol. The molecule has 0 unspecified atom stereocenters. The van der Waals surface area contributed by atoms with Crippen LogP contribution in [0.25, 0.3) is 6.08 Å². The third kappa shape index (κ3) is 7.92. The Hall–Kier alpha value is -6.82. The van der Waals surface area contributed by atoms with E-state index in [-0.39, 0.29) is 28.5 Å². The number of ketones is 2. The summed E-state index contributed by atoms with van der Waals surface area (Å²) in [7, 11) is -10.3. The van der Waals surface area contributed by atoms with Crippen LogP contribution in [0.3, 0.4) is 0 Å². The first kappa shape index (κ1) is 35.5. The lowest BCUT2D eigenvalue weighted by atomic mass is 9.93. The summed E-state index contributed by atoms with van der Waals surface area (Å²) in [5.74, 6) is -2.81. The Bertz CT molecular complexity index is 2450. The second kappa shape index (κ2) is 13.6. The Morgan fingerprint density at radius 2 is 1.25 bits per heavy atom. The number of anilines is 2. The van der Waals surface area contributed by atoms with Crippen LogP contribution >= 0.6 is 0 Å². The third-order valence-electron chi connectivity index (χ3n) is 6.74. The van der Waals surface area contributed by atoms with Crippen LogP contribution in [-0.2, 0) is 25.0 Å². The second-order valence-corrected chi connectivity index (χ2v) is 12.9. The van der Waals surface area contributed by atoms with Crippen molar-refractivity contribution in [2.45, 2.75) is 4.90 Å². The van der Waals surface area contributed by atoms with E-state index >= 15 is 0 Å². The number of fused-ring (bicyclic) bond motifs is 1. The molecule has 0 aromatic heterocycles. The molecule has 2 aliphatic carbocycles. The average Bonchev–Trinajstić information content (AvgIpc) is 3.06. The highest BCUT2D eigenvalue weighted by Crippen LogP contribution is 2.36. The van der Waals surface area contributed by atoms with E-state index in [2.05, 4.69) is 31.3 Å². The van der Waals surface area contributed by atoms with Crippen LogP contribution in [0.2, 0.25) is 0 Å². The zero-order valence-electron chi connectivity index (χ0n) is 24.9. The van der Waals surface area contributed by atoms with Crippen LogP contribution in [0.15, 0.2) is 115 Å². The van der Waals surface area contributed by atoms with Gasteiger partial charge in [0.25, 0.3) is 31.6 Å². The minimum absolute atomic E-state index is 0.0459. The first-order valence-electron chi connectivity index (χ1n) is 13.6. The SMILES string of the molecule is O=C1C=C(O)C(N=Nc2cc(S(=O)(=O)O)cc3c2C(=O)/C(=N\Nc2ccc([N+](=O)[O-])cc2)C(S(=O)(=O)O)=C3)=C/C1=N\Nc1ccc([N+](=O)[O-])cc1. The van der Waals surface area contributed by atoms with Gasteiger partial charge in [0.05, 0.1) is 37.4 Å². The average molecular weight is 739 g/mol. The fourth-order valence-electron chi connectivity index (χ4n) is 4.34. The Kier molecular flexibility index (Phi) is 9.46. The number of nitrogens with zero attached hydrogens (tertiary/aromatic N) is 6. The molecule has 51 heavy (non-hydrogen) atoms. The van der Waals surface area contributed by atoms with Gasteiger partial charge in [-0.25, -0.2) is 0 Å². The highest BCUT2D eigenvalue weighted by molar-refractivity contribution is 7.91. The molecule has 3 aromatic rings. The number of hydrazone groups is 2. The standard InChI is InChI=1S/C28H18N8O13S2/c37-23-13-24(38)21(12-20(23)31-29-15-1-5-17(6-2-15)35(40)41)32-33-22-11-19(50(44,45)46)9-14-10-25(51(47,48)49)27(28(39)26(14)22)34-30-16-3-7-18(8-4-16)36(42)43/h1-13,29-30,38H,(H,44,45,46)(H,47,48,49)/b31-20+,33-32?,34-27-. The van der Waals surface area contributed by atoms with Gasteiger partial charge < -0.3 is 5.11 Å². The number of hydrogen-bond donors (Lipinski definition) is 5. The molecule has 0 bridgehead atoms. The number of carbonyl (C=O) groups is 2. The maximum Gasteiger partial charge on any atom is 0.296 e. The van der Waals surface area contributed by atoms with Crippen LogP contribution in [0.5, 0.6) is 0 Å². The molecule has 260 valence electrons. The number of aliphatic hydroxyl groups excluding tert-OH is 1. The molecule has 0 radical (unpaired) electrons. The molecule has 0 atom stereocenters. The summed E-state index contributed by atoms with van der Waals surface area (Å²) < 4.78 is 68.4. The normalized spacial score (nSPS) is 16.4. The van der Waals surface area contributed by atoms with Crippen molar-refractivity contribution in [2.24, 2.45) is 20.4 Å². The van der Waals surface area contributed by atoms with E-state index < -0.39 is 85.4 Å². The Balaban J connectivity index is 1.56. The van der Waals surface area contributed by atoms with Gasteiger partial charge in [-0.05, 0) is 48.0 Å². The smallest absolute Gasteiger partial charge is 0.296 e. The molecule has 0 heterocycles. The molecule has 3 aromatic carbocycles. The lowest BCUT2D eigenvalue weighted by Gasteiger charge is -2.18. The fraction of sp³-hybridized carbons (Fsp3) is 0. The summed E-state index contributed by atoms with van der Waals surface area (Å²) in [6.45, 7) is 0. The number of non-ortho nitro benzene ring substituents is 2. The van der Waals surface area contributed by atoms with Gasteiger partial charge in [0.1, 0.15) is 22.1 Å². The Morgan fingerprint density at radius 1 is 0.706 bits per heavy atom. The maximum absolute atomic E-state index is 13.7. The van der Waals surface area contributed by atoms with Gasteiger partial charge in [0.2, 0.25) is 11.6 Å². The minimum atomic E-state index is -5.23. The zero-order valence-corrected chi connectivity index (χ0v) is 26.6. The highest BCUT2D eigenvalue weighted by Gasteiger charge is 2.36. The van der Waals surface area contributed by atoms with Crippen molar-refractivity contribution in [1.29, 1.82) is 0 Å². The van der Waals surface area contributed by atoms with Crippen molar-refractivity contribution in [3.8, 4) is 0 Å². The van der Waals surface area contributed by atoms with Gasteiger partial charge >= 0.3 is 0 Å². The van der Waals surface area contributed by atoms with E-state index in [9.17, 15) is 60.9 Å². The molecule has 23 heteroatoms. The van der Waals surface area contributed by atoms with E-state index in [0.29, 0.717) is 24.3 Å². The fourth-order valence-corrected chi connectivity index (χ4v) is 5.53. The van der Waals surface area contributed by atoms with Crippen molar-refractivity contribution in [3.05, 3.63) is 121 Å². The lowest BCUT2D eigenvalue weighted by molar-refractivity contribution is -0.385. The van der Waals surface area contributed by atoms with Gasteiger partial charge in [-0.15, -0.1) is 10.2 Å². The summed E-state index contributed by atoms with van der Waals surface area (Å²) in [6, 6.07) is 10.9. The number of benzene rings is 3. The number of Topliss-reactive ketones (excluding diaryl/α,β-unsaturated/α-hetero) is 1. The number of nitro groups is 2. The first-order valence-corrected chi connectivity index (χ1v) is 16.5. The summed E-state index contributed by atoms with van der Waals surface area (Å²) in [5, 5.41) is 47.4. The van der Waals surface area contributed by atoms with Gasteiger partial charge in [-0.1, -0.05) is 0 Å². The van der Waals surface area contributed by atoms with E-state index in [1.165, 1.54) is 36.4 Å². The number of hydrogen-bond acceptors (Lipinski definition) is 17. The number of nitrogens with one attached hydrogen (secondary N) is 2. The van der Waals surface area contributed by atoms with Crippen LogP contribution in [0, 0.1) is 20.2 Å². The molecule has 0 fully saturated rings. The van der Waals surface area contributed by atoms with Crippen LogP contribution in [0.1, 0.15) is 15.9 Å². The quantitative estimate of drug-likeness (QED) is 0.0642. The number of nitro benzene ring substituents is 2. The summed E-state index contributed by atoms with van der Waals surface area (Å²) >= 11 is 0. The third-order valence-corrected chi connectivity index (χ3v) is 8.44. The molecule has 2 aliphatic rings. The van der Waals surface area contributed by atoms with E-state index in [0.717, 1.165) is 18.2 Å². The van der Waals surface area contributed by atoms with Crippen molar-refractivity contribution in [1.82, 2.24) is 0 Å². The molecular weight excluding hydrogens is 720 g/mol. The van der Waals surface area contributed by atoms with Gasteiger partial charge in [-0.3, -0.25) is 49.8 Å². The van der Waals surface area contributed by atoms with Crippen LogP contribution < -0.4 is 10.9 Å². The van der Waals surface area contributed by atoms with E-state index in [1.807, 2.05) is 0 Å². The van der Waals surface area contributed by atoms with Crippen molar-refractivity contribution in [2.75, 3.05) is 10.9 Å². The van der Waals surface area contributed by atoms with Crippen molar-refractivity contribution >= 4 is 77.7 Å². The Labute approximate surface area is 284 Å². The molecule has 0 saturated carbocycles. The number of allylic oxidation sites excluding steroid dienone is 3. The molecular formula is C28H18N8O13S2. The number of azo groups is 1. The van der Waals surface area contributed by atoms with Crippen LogP contribution in [0.4, 0.5) is 28.4 Å². The molecule has 5 N–H and O–H groups in total. The predicted octanol–water partition coefficient (Wildman–Crippen LogP) is 4.10. The molecule has 5 rings (SSSR count). The molecule has 0 amide bonds. The molecule has 21 nitrogen and oxygen atoms in total. The number of carbonyl (C=O) groups excluding carboxylic acids is 2. The topological polar surface area (TPSA) is 323 Å². The molecule has 0 aliphatic heterocycles. The van der Waals surface area contributed by atoms with Gasteiger partial charge in [0.15, 0.2) is 5.71 Å². The summed E-state index contributed by atoms with van der Waals surface area (Å²) in [4.78, 5) is 44.7. The zero-order chi connectivity index (χ0) is 37.2. The predicted molar refractivity (Wildman–Crippen MR) is 177 cm³/mol. The minimum Gasteiger partial charge on any atom is -0.505 e. The molecule has 0 saturated heterocycles. The highest BCUT2D eigenvalue weighted by atomic mass is 32.2. The summed E-state index contributed by atoms with van der Waals surface area (Å²) in [6.07, 6.45) is 2.31. The number of rotatable bonds is 10. The lowest BCUT2D eigenvalue weighted by Crippen LogP contribution is -2.27. The van der Waals surface area contributed by atoms with E-state index in [4.69, 9.17) is 0 Å². The Morgan fingerprint density at radius 3 is 1.76 bits per heavy atom. The van der Waals surface area contributed by atoms with Gasteiger partial charge in [0, 0.05) is 36.4 Å². The second-order valence-electron chi connectivity index (χ2n) is 10.1. The van der Waals surface area contributed by atoms with Crippen LogP contribution in [-0.4, -0.2) is 63.9 Å². The van der Waals surface area contributed by atoms with Crippen molar-refractivity contribution < 1.29 is 50.5 Å².